The highest BCUT2D eigenvalue weighted by molar-refractivity contribution is 7.89. The van der Waals surface area contributed by atoms with E-state index in [0.717, 1.165) is 35.2 Å². The van der Waals surface area contributed by atoms with Gasteiger partial charge in [0.05, 0.1) is 10.9 Å². The number of carbonyl (C=O) groups excluding carboxylic acids is 1. The zero-order chi connectivity index (χ0) is 27.0. The number of hydrogen-bond donors (Lipinski definition) is 0. The Hall–Kier alpha value is -2.59. The second-order valence-corrected chi connectivity index (χ2v) is 13.2. The molecule has 1 fully saturated rings. The Morgan fingerprint density at radius 1 is 1.00 bits per heavy atom. The molecule has 202 valence electrons. The quantitative estimate of drug-likeness (QED) is 0.443. The standard InChI is InChI=1S/C29H34FN3O3S2/c1-20-17-21(2)29(22(3)18-20)38(35,36)33-14-12-31(13-15-33)27(34)8-11-32-10-7-26-25(9-16-37-26)28(32)23-5-4-6-24(30)19-23/h4-6,9,16-19,28H,7-8,10-15H2,1-3H3/t28-/m1/s1. The SMILES string of the molecule is Cc1cc(C)c(S(=O)(=O)N2CCN(C(=O)CCN3CCc4sccc4[C@H]3c3cccc(F)c3)CC2)c(C)c1. The highest BCUT2D eigenvalue weighted by atomic mass is 32.2. The van der Waals surface area contributed by atoms with Crippen LogP contribution in [0.25, 0.3) is 0 Å². The van der Waals surface area contributed by atoms with Crippen LogP contribution in [0.2, 0.25) is 0 Å². The lowest BCUT2D eigenvalue weighted by molar-refractivity contribution is -0.132. The molecule has 1 atom stereocenters. The molecular weight excluding hydrogens is 521 g/mol. The van der Waals surface area contributed by atoms with Crippen LogP contribution in [0.3, 0.4) is 0 Å². The summed E-state index contributed by atoms with van der Waals surface area (Å²) in [5, 5.41) is 2.08. The fourth-order valence-electron chi connectivity index (χ4n) is 5.95. The Morgan fingerprint density at radius 3 is 2.39 bits per heavy atom. The molecule has 0 saturated carbocycles. The molecule has 2 aliphatic rings. The van der Waals surface area contributed by atoms with Crippen LogP contribution in [-0.4, -0.2) is 67.7 Å². The second kappa shape index (κ2) is 10.9. The Labute approximate surface area is 228 Å². The fourth-order valence-corrected chi connectivity index (χ4v) is 8.69. The van der Waals surface area contributed by atoms with Gasteiger partial charge in [0.2, 0.25) is 15.9 Å². The number of piperazine rings is 1. The number of hydrogen-bond acceptors (Lipinski definition) is 5. The normalized spacial score (nSPS) is 18.9. The molecule has 2 aliphatic heterocycles. The van der Waals surface area contributed by atoms with Crippen LogP contribution < -0.4 is 0 Å². The summed E-state index contributed by atoms with van der Waals surface area (Å²) in [6.45, 7) is 8.34. The van der Waals surface area contributed by atoms with Gasteiger partial charge in [-0.2, -0.15) is 4.31 Å². The van der Waals surface area contributed by atoms with Gasteiger partial charge < -0.3 is 4.90 Å². The predicted octanol–water partition coefficient (Wildman–Crippen LogP) is 4.68. The molecule has 1 amide bonds. The lowest BCUT2D eigenvalue weighted by Gasteiger charge is -2.37. The van der Waals surface area contributed by atoms with Crippen molar-refractivity contribution < 1.29 is 17.6 Å². The van der Waals surface area contributed by atoms with Gasteiger partial charge in [-0.3, -0.25) is 9.69 Å². The van der Waals surface area contributed by atoms with Gasteiger partial charge in [-0.25, -0.2) is 12.8 Å². The zero-order valence-electron chi connectivity index (χ0n) is 22.1. The molecule has 2 aromatic carbocycles. The van der Waals surface area contributed by atoms with Crippen LogP contribution >= 0.6 is 11.3 Å². The van der Waals surface area contributed by atoms with Gasteiger partial charge in [-0.1, -0.05) is 29.8 Å². The highest BCUT2D eigenvalue weighted by Crippen LogP contribution is 2.38. The van der Waals surface area contributed by atoms with Crippen molar-refractivity contribution in [1.29, 1.82) is 0 Å². The Morgan fingerprint density at radius 2 is 1.71 bits per heavy atom. The number of sulfonamides is 1. The van der Waals surface area contributed by atoms with E-state index < -0.39 is 10.0 Å². The van der Waals surface area contributed by atoms with Crippen LogP contribution in [0, 0.1) is 26.6 Å². The van der Waals surface area contributed by atoms with Gasteiger partial charge in [0, 0.05) is 50.6 Å². The van der Waals surface area contributed by atoms with Crippen molar-refractivity contribution in [2.45, 2.75) is 44.6 Å². The summed E-state index contributed by atoms with van der Waals surface area (Å²) in [4.78, 5) is 18.9. The van der Waals surface area contributed by atoms with Gasteiger partial charge in [0.25, 0.3) is 0 Å². The number of amides is 1. The maximum atomic E-state index is 14.1. The van der Waals surface area contributed by atoms with Crippen molar-refractivity contribution in [2.24, 2.45) is 0 Å². The zero-order valence-corrected chi connectivity index (χ0v) is 23.7. The summed E-state index contributed by atoms with van der Waals surface area (Å²) in [5.41, 5.74) is 4.64. The van der Waals surface area contributed by atoms with Crippen molar-refractivity contribution in [3.05, 3.63) is 86.4 Å². The highest BCUT2D eigenvalue weighted by Gasteiger charge is 2.33. The van der Waals surface area contributed by atoms with Crippen LogP contribution in [0.15, 0.2) is 52.7 Å². The van der Waals surface area contributed by atoms with Crippen molar-refractivity contribution in [1.82, 2.24) is 14.1 Å². The molecule has 5 rings (SSSR count). The number of thiophene rings is 1. The van der Waals surface area contributed by atoms with Crippen molar-refractivity contribution >= 4 is 27.3 Å². The van der Waals surface area contributed by atoms with E-state index in [4.69, 9.17) is 0 Å². The van der Waals surface area contributed by atoms with E-state index >= 15 is 0 Å². The lowest BCUT2D eigenvalue weighted by Crippen LogP contribution is -2.51. The molecule has 0 spiro atoms. The molecule has 0 aliphatic carbocycles. The van der Waals surface area contributed by atoms with Crippen LogP contribution in [0.5, 0.6) is 0 Å². The van der Waals surface area contributed by atoms with Gasteiger partial charge >= 0.3 is 0 Å². The summed E-state index contributed by atoms with van der Waals surface area (Å²) in [6, 6.07) is 12.6. The molecule has 0 N–H and O–H groups in total. The minimum absolute atomic E-state index is 0.0267. The van der Waals surface area contributed by atoms with E-state index in [9.17, 15) is 17.6 Å². The number of aryl methyl sites for hydroxylation is 3. The molecule has 9 heteroatoms. The molecule has 3 heterocycles. The van der Waals surface area contributed by atoms with E-state index in [2.05, 4.69) is 16.3 Å². The van der Waals surface area contributed by atoms with E-state index in [1.54, 1.807) is 28.4 Å². The molecule has 6 nitrogen and oxygen atoms in total. The maximum absolute atomic E-state index is 14.1. The summed E-state index contributed by atoms with van der Waals surface area (Å²) < 4.78 is 42.4. The third-order valence-corrected chi connectivity index (χ3v) is 10.8. The Bertz CT molecular complexity index is 1420. The van der Waals surface area contributed by atoms with E-state index in [0.29, 0.717) is 31.0 Å². The lowest BCUT2D eigenvalue weighted by atomic mass is 9.93. The van der Waals surface area contributed by atoms with E-state index in [-0.39, 0.29) is 30.9 Å². The van der Waals surface area contributed by atoms with Crippen LogP contribution in [-0.2, 0) is 21.2 Å². The van der Waals surface area contributed by atoms with E-state index in [1.165, 1.54) is 20.8 Å². The van der Waals surface area contributed by atoms with Gasteiger partial charge in [-0.05, 0) is 73.0 Å². The minimum Gasteiger partial charge on any atom is -0.340 e. The smallest absolute Gasteiger partial charge is 0.243 e. The first-order chi connectivity index (χ1) is 18.1. The number of rotatable bonds is 6. The molecule has 38 heavy (non-hydrogen) atoms. The van der Waals surface area contributed by atoms with Crippen molar-refractivity contribution in [3.63, 3.8) is 0 Å². The number of fused-ring (bicyclic) bond motifs is 1. The number of halogens is 1. The third-order valence-electron chi connectivity index (χ3n) is 7.64. The Balaban J connectivity index is 1.23. The van der Waals surface area contributed by atoms with Gasteiger partial charge in [0.1, 0.15) is 5.82 Å². The number of nitrogens with zero attached hydrogens (tertiary/aromatic N) is 3. The number of carbonyl (C=O) groups is 1. The first-order valence-corrected chi connectivity index (χ1v) is 15.4. The first kappa shape index (κ1) is 27.0. The summed E-state index contributed by atoms with van der Waals surface area (Å²) in [7, 11) is -3.63. The average molecular weight is 556 g/mol. The molecule has 0 radical (unpaired) electrons. The molecular formula is C29H34FN3O3S2. The molecule has 1 aromatic heterocycles. The molecule has 0 bridgehead atoms. The molecule has 3 aromatic rings. The largest absolute Gasteiger partial charge is 0.340 e. The average Bonchev–Trinajstić information content (AvgIpc) is 3.35. The number of benzene rings is 2. The van der Waals surface area contributed by atoms with Crippen LogP contribution in [0.1, 0.15) is 45.2 Å². The summed E-state index contributed by atoms with van der Waals surface area (Å²) in [5.74, 6) is -0.233. The van der Waals surface area contributed by atoms with Crippen molar-refractivity contribution in [3.8, 4) is 0 Å². The Kier molecular flexibility index (Phi) is 7.73. The summed E-state index contributed by atoms with van der Waals surface area (Å²) in [6.07, 6.45) is 1.26. The first-order valence-electron chi connectivity index (χ1n) is 13.1. The van der Waals surface area contributed by atoms with E-state index in [1.807, 2.05) is 39.0 Å². The summed E-state index contributed by atoms with van der Waals surface area (Å²) >= 11 is 1.73. The van der Waals surface area contributed by atoms with Crippen LogP contribution in [0.4, 0.5) is 4.39 Å². The van der Waals surface area contributed by atoms with Gasteiger partial charge in [-0.15, -0.1) is 11.3 Å². The molecule has 0 unspecified atom stereocenters. The molecule has 1 saturated heterocycles. The minimum atomic E-state index is -3.63. The topological polar surface area (TPSA) is 60.9 Å². The predicted molar refractivity (Wildman–Crippen MR) is 148 cm³/mol. The monoisotopic (exact) mass is 555 g/mol. The maximum Gasteiger partial charge on any atom is 0.243 e. The fraction of sp³-hybridized carbons (Fsp3) is 0.414. The van der Waals surface area contributed by atoms with Crippen molar-refractivity contribution in [2.75, 3.05) is 39.3 Å². The van der Waals surface area contributed by atoms with Gasteiger partial charge in [0.15, 0.2) is 0 Å². The second-order valence-electron chi connectivity index (χ2n) is 10.3. The third kappa shape index (κ3) is 5.30.